The second kappa shape index (κ2) is 7.54. The maximum absolute atomic E-state index is 9.49. The van der Waals surface area contributed by atoms with Crippen molar-refractivity contribution >= 4 is 22.4 Å². The van der Waals surface area contributed by atoms with E-state index in [9.17, 15) is 5.26 Å². The summed E-state index contributed by atoms with van der Waals surface area (Å²) in [6.45, 7) is 0.416. The molecule has 0 bridgehead atoms. The number of aromatic nitrogens is 2. The highest BCUT2D eigenvalue weighted by atomic mass is 16.5. The number of nitriles is 1. The Balaban J connectivity index is 1.57. The van der Waals surface area contributed by atoms with Crippen LogP contribution in [0, 0.1) is 11.3 Å². The van der Waals surface area contributed by atoms with E-state index in [-0.39, 0.29) is 0 Å². The number of ether oxygens (including phenoxy) is 1. The van der Waals surface area contributed by atoms with Gasteiger partial charge in [-0.2, -0.15) is 5.26 Å². The third-order valence-corrected chi connectivity index (χ3v) is 4.14. The van der Waals surface area contributed by atoms with Crippen molar-refractivity contribution in [2.75, 3.05) is 5.32 Å². The van der Waals surface area contributed by atoms with Gasteiger partial charge in [0.05, 0.1) is 11.1 Å². The van der Waals surface area contributed by atoms with Crippen molar-refractivity contribution in [3.8, 4) is 11.8 Å². The molecule has 3 aromatic carbocycles. The minimum Gasteiger partial charge on any atom is -0.488 e. The molecule has 0 saturated carbocycles. The van der Waals surface area contributed by atoms with Gasteiger partial charge >= 0.3 is 0 Å². The van der Waals surface area contributed by atoms with Crippen LogP contribution < -0.4 is 10.1 Å². The highest BCUT2D eigenvalue weighted by molar-refractivity contribution is 5.90. The Bertz CT molecular complexity index is 1110. The number of benzene rings is 3. The van der Waals surface area contributed by atoms with Gasteiger partial charge in [-0.3, -0.25) is 0 Å². The van der Waals surface area contributed by atoms with Crippen LogP contribution in [0.1, 0.15) is 11.1 Å². The van der Waals surface area contributed by atoms with Gasteiger partial charge in [0.2, 0.25) is 0 Å². The first-order valence-electron chi connectivity index (χ1n) is 8.51. The smallest absolute Gasteiger partial charge is 0.141 e. The summed E-state index contributed by atoms with van der Waals surface area (Å²) in [7, 11) is 0. The van der Waals surface area contributed by atoms with Crippen molar-refractivity contribution in [3.63, 3.8) is 0 Å². The number of nitrogens with one attached hydrogen (secondary N) is 1. The van der Waals surface area contributed by atoms with E-state index >= 15 is 0 Å². The Morgan fingerprint density at radius 1 is 0.926 bits per heavy atom. The zero-order valence-electron chi connectivity index (χ0n) is 14.5. The number of nitrogens with zero attached hydrogens (tertiary/aromatic N) is 3. The predicted octanol–water partition coefficient (Wildman–Crippen LogP) is 4.82. The molecule has 5 heteroatoms. The number of hydrogen-bond acceptors (Lipinski definition) is 5. The molecule has 5 nitrogen and oxygen atoms in total. The molecule has 0 unspecified atom stereocenters. The third-order valence-electron chi connectivity index (χ3n) is 4.14. The predicted molar refractivity (Wildman–Crippen MR) is 105 cm³/mol. The van der Waals surface area contributed by atoms with Gasteiger partial charge in [-0.15, -0.1) is 0 Å². The second-order valence-electron chi connectivity index (χ2n) is 5.96. The fraction of sp³-hybridized carbons (Fsp3) is 0.0455. The van der Waals surface area contributed by atoms with Crippen LogP contribution in [0.4, 0.5) is 11.5 Å². The normalized spacial score (nSPS) is 10.3. The lowest BCUT2D eigenvalue weighted by Gasteiger charge is -2.11. The summed E-state index contributed by atoms with van der Waals surface area (Å²) in [5.41, 5.74) is 3.14. The average molecular weight is 352 g/mol. The topological polar surface area (TPSA) is 70.8 Å². The highest BCUT2D eigenvalue weighted by Gasteiger charge is 2.08. The number of rotatable bonds is 5. The summed E-state index contributed by atoms with van der Waals surface area (Å²) in [6, 6.07) is 25.3. The average Bonchev–Trinajstić information content (AvgIpc) is 2.74. The van der Waals surface area contributed by atoms with Crippen LogP contribution in [-0.2, 0) is 6.61 Å². The second-order valence-corrected chi connectivity index (χ2v) is 5.96. The van der Waals surface area contributed by atoms with Crippen LogP contribution in [0.15, 0.2) is 79.1 Å². The molecular weight excluding hydrogens is 336 g/mol. The zero-order chi connectivity index (χ0) is 18.5. The lowest BCUT2D eigenvalue weighted by atomic mass is 10.1. The van der Waals surface area contributed by atoms with Gasteiger partial charge in [0.15, 0.2) is 0 Å². The van der Waals surface area contributed by atoms with Gasteiger partial charge in [-0.05, 0) is 35.9 Å². The van der Waals surface area contributed by atoms with Crippen LogP contribution in [0.2, 0.25) is 0 Å². The lowest BCUT2D eigenvalue weighted by Crippen LogP contribution is -1.99. The molecule has 130 valence electrons. The third kappa shape index (κ3) is 3.70. The fourth-order valence-electron chi connectivity index (χ4n) is 2.80. The molecular formula is C22H16N4O. The molecule has 0 fully saturated rings. The molecule has 4 rings (SSSR count). The maximum atomic E-state index is 9.49. The molecule has 1 heterocycles. The van der Waals surface area contributed by atoms with Gasteiger partial charge in [-0.25, -0.2) is 9.97 Å². The summed E-state index contributed by atoms with van der Waals surface area (Å²) in [5, 5.41) is 13.7. The molecule has 0 radical (unpaired) electrons. The Morgan fingerprint density at radius 2 is 1.74 bits per heavy atom. The van der Waals surface area contributed by atoms with Crippen LogP contribution >= 0.6 is 0 Å². The Labute approximate surface area is 156 Å². The van der Waals surface area contributed by atoms with Crippen molar-refractivity contribution in [2.45, 2.75) is 6.61 Å². The van der Waals surface area contributed by atoms with Crippen molar-refractivity contribution in [2.24, 2.45) is 0 Å². The van der Waals surface area contributed by atoms with Gasteiger partial charge in [0, 0.05) is 11.1 Å². The summed E-state index contributed by atoms with van der Waals surface area (Å²) < 4.78 is 5.81. The molecule has 0 aliphatic carbocycles. The summed E-state index contributed by atoms with van der Waals surface area (Å²) in [5.74, 6) is 1.25. The quantitative estimate of drug-likeness (QED) is 0.557. The van der Waals surface area contributed by atoms with Gasteiger partial charge in [0.25, 0.3) is 0 Å². The molecule has 0 saturated heterocycles. The van der Waals surface area contributed by atoms with E-state index in [2.05, 4.69) is 21.4 Å². The number of hydrogen-bond donors (Lipinski definition) is 1. The maximum Gasteiger partial charge on any atom is 0.141 e. The summed E-state index contributed by atoms with van der Waals surface area (Å²) in [6.07, 6.45) is 1.52. The zero-order valence-corrected chi connectivity index (χ0v) is 14.5. The minimum absolute atomic E-state index is 0.416. The summed E-state index contributed by atoms with van der Waals surface area (Å²) >= 11 is 0. The Morgan fingerprint density at radius 3 is 2.59 bits per heavy atom. The molecule has 4 aromatic rings. The molecule has 1 N–H and O–H groups in total. The largest absolute Gasteiger partial charge is 0.488 e. The van der Waals surface area contributed by atoms with E-state index in [1.165, 1.54) is 6.33 Å². The van der Waals surface area contributed by atoms with E-state index in [0.717, 1.165) is 22.2 Å². The number of para-hydroxylation sites is 1. The van der Waals surface area contributed by atoms with Crippen molar-refractivity contribution < 1.29 is 4.74 Å². The summed E-state index contributed by atoms with van der Waals surface area (Å²) in [4.78, 5) is 8.58. The van der Waals surface area contributed by atoms with Gasteiger partial charge in [0.1, 0.15) is 30.6 Å². The standard InChI is InChI=1S/C22H16N4O/c23-13-17-12-18(10-11-21(17)27-14-16-6-2-1-3-7-16)26-22-19-8-4-5-9-20(19)24-15-25-22/h1-12,15H,14H2,(H,24,25,26). The first-order chi connectivity index (χ1) is 13.3. The molecule has 0 aliphatic rings. The van der Waals surface area contributed by atoms with Crippen molar-refractivity contribution in [1.29, 1.82) is 5.26 Å². The van der Waals surface area contributed by atoms with Crippen LogP contribution in [0.5, 0.6) is 5.75 Å². The highest BCUT2D eigenvalue weighted by Crippen LogP contribution is 2.27. The van der Waals surface area contributed by atoms with Crippen LogP contribution in [0.3, 0.4) is 0 Å². The molecule has 0 amide bonds. The van der Waals surface area contributed by atoms with Gasteiger partial charge in [-0.1, -0.05) is 42.5 Å². The van der Waals surface area contributed by atoms with Crippen molar-refractivity contribution in [3.05, 3.63) is 90.3 Å². The lowest BCUT2D eigenvalue weighted by molar-refractivity contribution is 0.305. The molecule has 0 spiro atoms. The molecule has 27 heavy (non-hydrogen) atoms. The van der Waals surface area contributed by atoms with Crippen LogP contribution in [-0.4, -0.2) is 9.97 Å². The van der Waals surface area contributed by atoms with E-state index in [0.29, 0.717) is 23.7 Å². The fourth-order valence-corrected chi connectivity index (χ4v) is 2.80. The van der Waals surface area contributed by atoms with Gasteiger partial charge < -0.3 is 10.1 Å². The van der Waals surface area contributed by atoms with E-state index in [1.807, 2.05) is 60.7 Å². The first kappa shape index (κ1) is 16.6. The Hall–Kier alpha value is -3.91. The first-order valence-corrected chi connectivity index (χ1v) is 8.51. The Kier molecular flexibility index (Phi) is 4.62. The SMILES string of the molecule is N#Cc1cc(Nc2ncnc3ccccc23)ccc1OCc1ccccc1. The molecule has 0 aliphatic heterocycles. The van der Waals surface area contributed by atoms with E-state index < -0.39 is 0 Å². The van der Waals surface area contributed by atoms with Crippen molar-refractivity contribution in [1.82, 2.24) is 9.97 Å². The number of fused-ring (bicyclic) bond motifs is 1. The van der Waals surface area contributed by atoms with E-state index in [1.54, 1.807) is 12.1 Å². The van der Waals surface area contributed by atoms with Crippen LogP contribution in [0.25, 0.3) is 10.9 Å². The number of anilines is 2. The minimum atomic E-state index is 0.416. The molecule has 0 atom stereocenters. The molecule has 1 aromatic heterocycles. The monoisotopic (exact) mass is 352 g/mol. The van der Waals surface area contributed by atoms with E-state index in [4.69, 9.17) is 4.74 Å².